The largest absolute Gasteiger partial charge is 0.345 e. The zero-order valence-electron chi connectivity index (χ0n) is 11.4. The first-order valence-electron chi connectivity index (χ1n) is 6.59. The molecule has 0 aromatic carbocycles. The van der Waals surface area contributed by atoms with Gasteiger partial charge in [-0.05, 0) is 20.3 Å². The number of nitrogens with zero attached hydrogens (tertiary/aromatic N) is 1. The summed E-state index contributed by atoms with van der Waals surface area (Å²) in [4.78, 5) is 13.3. The first-order valence-corrected chi connectivity index (χ1v) is 6.59. The Hall–Kier alpha value is -0.570. The predicted octanol–water partition coefficient (Wildman–Crippen LogP) is 2.41. The molecule has 16 heavy (non-hydrogen) atoms. The molecule has 0 spiro atoms. The summed E-state index contributed by atoms with van der Waals surface area (Å²) < 4.78 is 0. The van der Waals surface area contributed by atoms with Gasteiger partial charge in [-0.3, -0.25) is 4.79 Å². The normalized spacial score (nSPS) is 12.5. The summed E-state index contributed by atoms with van der Waals surface area (Å²) >= 11 is 0. The molecule has 0 rings (SSSR count). The van der Waals surface area contributed by atoms with Gasteiger partial charge in [0, 0.05) is 19.6 Å². The first-order chi connectivity index (χ1) is 7.61. The number of amides is 1. The van der Waals surface area contributed by atoms with Crippen molar-refractivity contribution in [1.82, 2.24) is 10.2 Å². The summed E-state index contributed by atoms with van der Waals surface area (Å²) in [7, 11) is 1.84. The highest BCUT2D eigenvalue weighted by molar-refractivity contribution is 5.77. The summed E-state index contributed by atoms with van der Waals surface area (Å²) in [5, 5.41) is 3.28. The minimum Gasteiger partial charge on any atom is -0.345 e. The first kappa shape index (κ1) is 15.4. The van der Waals surface area contributed by atoms with E-state index in [9.17, 15) is 4.79 Å². The van der Waals surface area contributed by atoms with Crippen molar-refractivity contribution in [3.8, 4) is 0 Å². The van der Waals surface area contributed by atoms with Crippen LogP contribution in [0.3, 0.4) is 0 Å². The monoisotopic (exact) mass is 228 g/mol. The lowest BCUT2D eigenvalue weighted by molar-refractivity contribution is -0.128. The lowest BCUT2D eigenvalue weighted by Crippen LogP contribution is -2.38. The zero-order chi connectivity index (χ0) is 12.4. The number of likely N-dealkylation sites (N-methyl/N-ethyl adjacent to an activating group) is 1. The van der Waals surface area contributed by atoms with E-state index in [1.54, 1.807) is 4.90 Å². The van der Waals surface area contributed by atoms with E-state index in [0.717, 1.165) is 6.54 Å². The Kier molecular flexibility index (Phi) is 9.30. The number of nitrogens with one attached hydrogen (secondary N) is 1. The van der Waals surface area contributed by atoms with Crippen LogP contribution in [0, 0.1) is 0 Å². The molecule has 0 aliphatic carbocycles. The molecule has 0 fully saturated rings. The highest BCUT2D eigenvalue weighted by Gasteiger charge is 2.08. The Morgan fingerprint density at radius 3 is 2.50 bits per heavy atom. The van der Waals surface area contributed by atoms with Crippen molar-refractivity contribution in [2.75, 3.05) is 20.1 Å². The van der Waals surface area contributed by atoms with E-state index in [2.05, 4.69) is 19.2 Å². The molecule has 0 saturated carbocycles. The third-order valence-electron chi connectivity index (χ3n) is 2.99. The Morgan fingerprint density at radius 2 is 1.94 bits per heavy atom. The van der Waals surface area contributed by atoms with E-state index < -0.39 is 0 Å². The van der Waals surface area contributed by atoms with E-state index in [4.69, 9.17) is 0 Å². The highest BCUT2D eigenvalue weighted by atomic mass is 16.2. The Bertz CT molecular complexity index is 183. The van der Waals surface area contributed by atoms with E-state index in [1.165, 1.54) is 32.1 Å². The summed E-state index contributed by atoms with van der Waals surface area (Å²) in [6.07, 6.45) is 6.35. The molecule has 0 heterocycles. The van der Waals surface area contributed by atoms with Crippen LogP contribution in [0.2, 0.25) is 0 Å². The second-order valence-corrected chi connectivity index (χ2v) is 4.54. The SMILES string of the molecule is CCCCCCC(C)NCC(=O)N(C)CC. The summed E-state index contributed by atoms with van der Waals surface area (Å²) in [6, 6.07) is 0.450. The van der Waals surface area contributed by atoms with Gasteiger partial charge >= 0.3 is 0 Å². The van der Waals surface area contributed by atoms with Crippen LogP contribution >= 0.6 is 0 Å². The predicted molar refractivity (Wildman–Crippen MR) is 69.5 cm³/mol. The van der Waals surface area contributed by atoms with Crippen LogP contribution in [0.5, 0.6) is 0 Å². The molecule has 1 unspecified atom stereocenters. The van der Waals surface area contributed by atoms with E-state index in [1.807, 2.05) is 14.0 Å². The Morgan fingerprint density at radius 1 is 1.25 bits per heavy atom. The van der Waals surface area contributed by atoms with Crippen molar-refractivity contribution in [2.24, 2.45) is 0 Å². The van der Waals surface area contributed by atoms with Gasteiger partial charge in [0.15, 0.2) is 0 Å². The molecule has 0 saturated heterocycles. The standard InChI is InChI=1S/C13H28N2O/c1-5-7-8-9-10-12(3)14-11-13(16)15(4)6-2/h12,14H,5-11H2,1-4H3. The molecule has 0 aliphatic rings. The number of unbranched alkanes of at least 4 members (excludes halogenated alkanes) is 3. The van der Waals surface area contributed by atoms with Gasteiger partial charge in [0.25, 0.3) is 0 Å². The summed E-state index contributed by atoms with van der Waals surface area (Å²) in [5.74, 6) is 0.183. The topological polar surface area (TPSA) is 32.3 Å². The van der Waals surface area contributed by atoms with E-state index >= 15 is 0 Å². The molecule has 1 N–H and O–H groups in total. The second kappa shape index (κ2) is 9.64. The molecular formula is C13H28N2O. The Labute approximate surface area is 101 Å². The fourth-order valence-electron chi connectivity index (χ4n) is 1.55. The number of hydrogen-bond acceptors (Lipinski definition) is 2. The van der Waals surface area contributed by atoms with Gasteiger partial charge in [-0.1, -0.05) is 32.6 Å². The second-order valence-electron chi connectivity index (χ2n) is 4.54. The van der Waals surface area contributed by atoms with Gasteiger partial charge in [-0.2, -0.15) is 0 Å². The van der Waals surface area contributed by atoms with Crippen LogP contribution in [0.25, 0.3) is 0 Å². The van der Waals surface area contributed by atoms with Crippen LogP contribution in [0.15, 0.2) is 0 Å². The van der Waals surface area contributed by atoms with Gasteiger partial charge in [-0.25, -0.2) is 0 Å². The minimum atomic E-state index is 0.183. The average molecular weight is 228 g/mol. The molecule has 1 atom stereocenters. The number of hydrogen-bond donors (Lipinski definition) is 1. The fraction of sp³-hybridized carbons (Fsp3) is 0.923. The average Bonchev–Trinajstić information content (AvgIpc) is 2.30. The maximum absolute atomic E-state index is 11.5. The molecule has 0 aromatic rings. The van der Waals surface area contributed by atoms with Crippen molar-refractivity contribution in [1.29, 1.82) is 0 Å². The van der Waals surface area contributed by atoms with Gasteiger partial charge in [0.1, 0.15) is 0 Å². The molecule has 0 aliphatic heterocycles. The van der Waals surface area contributed by atoms with E-state index in [-0.39, 0.29) is 5.91 Å². The van der Waals surface area contributed by atoms with Crippen molar-refractivity contribution in [3.63, 3.8) is 0 Å². The van der Waals surface area contributed by atoms with Crippen LogP contribution < -0.4 is 5.32 Å². The lowest BCUT2D eigenvalue weighted by Gasteiger charge is -2.17. The molecule has 0 bridgehead atoms. The molecule has 3 nitrogen and oxygen atoms in total. The molecule has 1 amide bonds. The quantitative estimate of drug-likeness (QED) is 0.615. The number of carbonyl (C=O) groups excluding carboxylic acids is 1. The molecule has 96 valence electrons. The summed E-state index contributed by atoms with van der Waals surface area (Å²) in [6.45, 7) is 7.63. The van der Waals surface area contributed by atoms with Gasteiger partial charge in [-0.15, -0.1) is 0 Å². The third kappa shape index (κ3) is 7.69. The van der Waals surface area contributed by atoms with Crippen LogP contribution in [0.4, 0.5) is 0 Å². The molecule has 0 radical (unpaired) electrons. The smallest absolute Gasteiger partial charge is 0.236 e. The van der Waals surface area contributed by atoms with Crippen LogP contribution in [0.1, 0.15) is 52.9 Å². The maximum atomic E-state index is 11.5. The molecule has 0 aromatic heterocycles. The maximum Gasteiger partial charge on any atom is 0.236 e. The van der Waals surface area contributed by atoms with Gasteiger partial charge in [0.05, 0.1) is 6.54 Å². The third-order valence-corrected chi connectivity index (χ3v) is 2.99. The van der Waals surface area contributed by atoms with Crippen molar-refractivity contribution in [3.05, 3.63) is 0 Å². The van der Waals surface area contributed by atoms with Crippen LogP contribution in [-0.2, 0) is 4.79 Å². The number of rotatable bonds is 9. The Balaban J connectivity index is 3.49. The van der Waals surface area contributed by atoms with Gasteiger partial charge in [0.2, 0.25) is 5.91 Å². The lowest BCUT2D eigenvalue weighted by atomic mass is 10.1. The zero-order valence-corrected chi connectivity index (χ0v) is 11.4. The number of carbonyl (C=O) groups is 1. The van der Waals surface area contributed by atoms with Crippen molar-refractivity contribution < 1.29 is 4.79 Å². The molecule has 3 heteroatoms. The van der Waals surface area contributed by atoms with Crippen LogP contribution in [-0.4, -0.2) is 37.0 Å². The van der Waals surface area contributed by atoms with Crippen molar-refractivity contribution in [2.45, 2.75) is 58.9 Å². The summed E-state index contributed by atoms with van der Waals surface area (Å²) in [5.41, 5.74) is 0. The molecular weight excluding hydrogens is 200 g/mol. The fourth-order valence-corrected chi connectivity index (χ4v) is 1.55. The minimum absolute atomic E-state index is 0.183. The van der Waals surface area contributed by atoms with Crippen molar-refractivity contribution >= 4 is 5.91 Å². The highest BCUT2D eigenvalue weighted by Crippen LogP contribution is 2.04. The van der Waals surface area contributed by atoms with E-state index in [0.29, 0.717) is 12.6 Å². The van der Waals surface area contributed by atoms with Gasteiger partial charge < -0.3 is 10.2 Å².